The van der Waals surface area contributed by atoms with E-state index in [2.05, 4.69) is 5.10 Å². The number of nitrogens with zero attached hydrogens (tertiary/aromatic N) is 3. The van der Waals surface area contributed by atoms with Crippen LogP contribution in [0.5, 0.6) is 0 Å². The Morgan fingerprint density at radius 1 is 1.06 bits per heavy atom. The highest BCUT2D eigenvalue weighted by atomic mass is 32.2. The van der Waals surface area contributed by atoms with E-state index in [9.17, 15) is 13.2 Å². The molecule has 162 valence electrons. The number of aryl methyl sites for hydroxylation is 2. The zero-order valence-electron chi connectivity index (χ0n) is 18.1. The Morgan fingerprint density at radius 3 is 2.32 bits per heavy atom. The molecule has 0 aliphatic heterocycles. The summed E-state index contributed by atoms with van der Waals surface area (Å²) >= 11 is 0. The summed E-state index contributed by atoms with van der Waals surface area (Å²) in [6.45, 7) is 4.36. The average molecular weight is 438 g/mol. The number of aromatic nitrogens is 2. The van der Waals surface area contributed by atoms with E-state index in [-0.39, 0.29) is 28.2 Å². The van der Waals surface area contributed by atoms with Gasteiger partial charge in [0, 0.05) is 30.9 Å². The molecule has 1 heterocycles. The molecule has 0 bridgehead atoms. The van der Waals surface area contributed by atoms with Crippen molar-refractivity contribution in [3.05, 3.63) is 82.7 Å². The van der Waals surface area contributed by atoms with E-state index in [1.807, 2.05) is 48.7 Å². The molecule has 2 aromatic carbocycles. The predicted octanol–water partition coefficient (Wildman–Crippen LogP) is 3.82. The van der Waals surface area contributed by atoms with Crippen molar-refractivity contribution in [1.82, 2.24) is 14.7 Å². The second-order valence-electron chi connectivity index (χ2n) is 8.18. The van der Waals surface area contributed by atoms with Crippen molar-refractivity contribution in [3.63, 3.8) is 0 Å². The number of hydrogen-bond acceptors (Lipinski definition) is 4. The Balaban J connectivity index is 1.68. The molecule has 7 heteroatoms. The summed E-state index contributed by atoms with van der Waals surface area (Å²) in [5.74, 6) is -0.375. The van der Waals surface area contributed by atoms with Crippen molar-refractivity contribution in [2.24, 2.45) is 7.05 Å². The van der Waals surface area contributed by atoms with Gasteiger partial charge in [-0.05, 0) is 44.4 Å². The van der Waals surface area contributed by atoms with E-state index in [0.29, 0.717) is 12.1 Å². The van der Waals surface area contributed by atoms with Crippen LogP contribution in [0.3, 0.4) is 0 Å². The Bertz CT molecular complexity index is 1210. The first-order valence-electron chi connectivity index (χ1n) is 10.4. The normalized spacial score (nSPS) is 13.9. The number of carbonyl (C=O) groups excluding carboxylic acids is 1. The molecule has 0 radical (unpaired) electrons. The molecular formula is C24H27N3O3S. The molecule has 1 aromatic heterocycles. The van der Waals surface area contributed by atoms with E-state index < -0.39 is 9.84 Å². The van der Waals surface area contributed by atoms with Crippen LogP contribution in [-0.4, -0.2) is 35.0 Å². The van der Waals surface area contributed by atoms with Gasteiger partial charge in [-0.25, -0.2) is 8.42 Å². The van der Waals surface area contributed by atoms with E-state index in [1.165, 1.54) is 6.07 Å². The summed E-state index contributed by atoms with van der Waals surface area (Å²) in [5.41, 5.74) is 3.87. The molecule has 31 heavy (non-hydrogen) atoms. The average Bonchev–Trinajstić information content (AvgIpc) is 3.55. The van der Waals surface area contributed by atoms with Crippen molar-refractivity contribution >= 4 is 15.7 Å². The number of amides is 1. The van der Waals surface area contributed by atoms with Gasteiger partial charge in [0.15, 0.2) is 9.84 Å². The second-order valence-corrected chi connectivity index (χ2v) is 10.1. The smallest absolute Gasteiger partial charge is 0.255 e. The maximum absolute atomic E-state index is 13.6. The van der Waals surface area contributed by atoms with Gasteiger partial charge in [0.25, 0.3) is 5.91 Å². The zero-order valence-corrected chi connectivity index (χ0v) is 18.9. The number of carbonyl (C=O) groups is 1. The highest BCUT2D eigenvalue weighted by molar-refractivity contribution is 7.90. The third kappa shape index (κ3) is 4.42. The van der Waals surface area contributed by atoms with Crippen molar-refractivity contribution in [3.8, 4) is 0 Å². The van der Waals surface area contributed by atoms with Gasteiger partial charge < -0.3 is 4.90 Å². The highest BCUT2D eigenvalue weighted by Gasteiger charge is 2.36. The van der Waals surface area contributed by atoms with Crippen LogP contribution >= 0.6 is 0 Å². The first-order valence-corrected chi connectivity index (χ1v) is 12.1. The highest BCUT2D eigenvalue weighted by Crippen LogP contribution is 2.32. The van der Waals surface area contributed by atoms with Crippen LogP contribution < -0.4 is 0 Å². The molecule has 1 saturated carbocycles. The Morgan fingerprint density at radius 2 is 1.71 bits per heavy atom. The van der Waals surface area contributed by atoms with Crippen LogP contribution in [0.2, 0.25) is 0 Å². The Kier molecular flexibility index (Phi) is 5.71. The van der Waals surface area contributed by atoms with Crippen LogP contribution in [-0.2, 0) is 29.2 Å². The summed E-state index contributed by atoms with van der Waals surface area (Å²) in [4.78, 5) is 15.5. The van der Waals surface area contributed by atoms with Crippen LogP contribution in [0.4, 0.5) is 0 Å². The molecule has 1 fully saturated rings. The number of hydrogen-bond donors (Lipinski definition) is 0. The van der Waals surface area contributed by atoms with Crippen LogP contribution in [0.25, 0.3) is 0 Å². The van der Waals surface area contributed by atoms with Crippen molar-refractivity contribution in [1.29, 1.82) is 0 Å². The molecule has 6 nitrogen and oxygen atoms in total. The van der Waals surface area contributed by atoms with Crippen LogP contribution in [0, 0.1) is 13.8 Å². The summed E-state index contributed by atoms with van der Waals surface area (Å²) in [6, 6.07) is 15.7. The largest absolute Gasteiger partial charge is 0.331 e. The fourth-order valence-corrected chi connectivity index (χ4v) is 5.47. The van der Waals surface area contributed by atoms with Gasteiger partial charge in [-0.3, -0.25) is 9.48 Å². The lowest BCUT2D eigenvalue weighted by Gasteiger charge is -2.24. The van der Waals surface area contributed by atoms with E-state index in [1.54, 1.807) is 30.3 Å². The van der Waals surface area contributed by atoms with E-state index in [0.717, 1.165) is 29.8 Å². The second kappa shape index (κ2) is 8.30. The fourth-order valence-electron chi connectivity index (χ4n) is 3.91. The van der Waals surface area contributed by atoms with Crippen molar-refractivity contribution in [2.45, 2.75) is 49.9 Å². The quantitative estimate of drug-likeness (QED) is 0.563. The number of benzene rings is 2. The molecule has 0 saturated heterocycles. The summed E-state index contributed by atoms with van der Waals surface area (Å²) in [5, 5.41) is 4.46. The Labute approximate surface area is 183 Å². The third-order valence-electron chi connectivity index (χ3n) is 5.89. The minimum absolute atomic E-state index is 0.0918. The maximum Gasteiger partial charge on any atom is 0.255 e. The van der Waals surface area contributed by atoms with Gasteiger partial charge in [-0.2, -0.15) is 5.10 Å². The molecule has 3 aromatic rings. The van der Waals surface area contributed by atoms with Crippen molar-refractivity contribution in [2.75, 3.05) is 0 Å². The van der Waals surface area contributed by atoms with Gasteiger partial charge >= 0.3 is 0 Å². The van der Waals surface area contributed by atoms with Crippen molar-refractivity contribution < 1.29 is 13.2 Å². The molecule has 0 unspecified atom stereocenters. The van der Waals surface area contributed by atoms with Gasteiger partial charge in [-0.15, -0.1) is 0 Å². The first-order chi connectivity index (χ1) is 14.8. The topological polar surface area (TPSA) is 72.3 Å². The van der Waals surface area contributed by atoms with Gasteiger partial charge in [-0.1, -0.05) is 42.5 Å². The molecular weight excluding hydrogens is 410 g/mol. The minimum atomic E-state index is -3.68. The molecule has 1 aliphatic rings. The predicted molar refractivity (Wildman–Crippen MR) is 119 cm³/mol. The lowest BCUT2D eigenvalue weighted by molar-refractivity contribution is 0.0725. The molecule has 1 aliphatic carbocycles. The van der Waals surface area contributed by atoms with E-state index >= 15 is 0 Å². The molecule has 0 spiro atoms. The summed E-state index contributed by atoms with van der Waals surface area (Å²) < 4.78 is 28.3. The zero-order chi connectivity index (χ0) is 22.2. The third-order valence-corrected chi connectivity index (χ3v) is 7.63. The lowest BCUT2D eigenvalue weighted by atomic mass is 10.1. The van der Waals surface area contributed by atoms with Gasteiger partial charge in [0.05, 0.1) is 21.9 Å². The maximum atomic E-state index is 13.6. The number of rotatable bonds is 7. The summed E-state index contributed by atoms with van der Waals surface area (Å²) in [7, 11) is -1.79. The van der Waals surface area contributed by atoms with Crippen LogP contribution in [0.1, 0.15) is 45.7 Å². The standard InChI is InChI=1S/C24H27N3O3S/c1-17-22(18(2)26(3)25-17)15-27(20-13-14-20)24(28)21-11-7-8-12-23(21)31(29,30)16-19-9-5-4-6-10-19/h4-12,20H,13-16H2,1-3H3. The minimum Gasteiger partial charge on any atom is -0.331 e. The fraction of sp³-hybridized carbons (Fsp3) is 0.333. The summed E-state index contributed by atoms with van der Waals surface area (Å²) in [6.07, 6.45) is 1.87. The first kappa shape index (κ1) is 21.3. The molecule has 4 rings (SSSR count). The lowest BCUT2D eigenvalue weighted by Crippen LogP contribution is -2.34. The molecule has 0 N–H and O–H groups in total. The SMILES string of the molecule is Cc1nn(C)c(C)c1CN(C(=O)c1ccccc1S(=O)(=O)Cc1ccccc1)C1CC1. The molecule has 1 amide bonds. The number of sulfone groups is 1. The van der Waals surface area contributed by atoms with Gasteiger partial charge in [0.2, 0.25) is 0 Å². The van der Waals surface area contributed by atoms with Crippen LogP contribution in [0.15, 0.2) is 59.5 Å². The van der Waals surface area contributed by atoms with E-state index in [4.69, 9.17) is 0 Å². The molecule has 0 atom stereocenters. The van der Waals surface area contributed by atoms with Gasteiger partial charge in [0.1, 0.15) is 0 Å². The monoisotopic (exact) mass is 437 g/mol. The Hall–Kier alpha value is -2.93.